The van der Waals surface area contributed by atoms with Crippen molar-refractivity contribution in [3.8, 4) is 0 Å². The molecule has 0 atom stereocenters. The Balaban J connectivity index is 2.45. The standard InChI is InChI=1S/C14H18F3N3/c1-8(2)11-6-10(14(15,16)17)7-12(9(11)3)20-13-18-4-5-19-13/h6-8H,4-5H2,1-3H3,(H2,18,19,20). The predicted octanol–water partition coefficient (Wildman–Crippen LogP) is 3.51. The molecule has 0 spiro atoms. The summed E-state index contributed by atoms with van der Waals surface area (Å²) in [5.74, 6) is 0.554. The minimum Gasteiger partial charge on any atom is -0.354 e. The zero-order chi connectivity index (χ0) is 14.9. The molecule has 1 aliphatic rings. The summed E-state index contributed by atoms with van der Waals surface area (Å²) in [4.78, 5) is 4.15. The van der Waals surface area contributed by atoms with Gasteiger partial charge in [0.1, 0.15) is 0 Å². The van der Waals surface area contributed by atoms with E-state index in [1.54, 1.807) is 0 Å². The summed E-state index contributed by atoms with van der Waals surface area (Å²) >= 11 is 0. The molecular formula is C14H18F3N3. The van der Waals surface area contributed by atoms with Crippen molar-refractivity contribution in [2.24, 2.45) is 4.99 Å². The van der Waals surface area contributed by atoms with Gasteiger partial charge in [-0.3, -0.25) is 4.99 Å². The van der Waals surface area contributed by atoms with Gasteiger partial charge < -0.3 is 10.6 Å². The van der Waals surface area contributed by atoms with Crippen LogP contribution in [0.4, 0.5) is 18.9 Å². The van der Waals surface area contributed by atoms with Gasteiger partial charge in [-0.2, -0.15) is 13.2 Å². The van der Waals surface area contributed by atoms with E-state index in [0.717, 1.165) is 11.6 Å². The molecule has 0 unspecified atom stereocenters. The minimum atomic E-state index is -4.35. The molecule has 6 heteroatoms. The number of benzene rings is 1. The van der Waals surface area contributed by atoms with Crippen molar-refractivity contribution in [2.45, 2.75) is 32.9 Å². The molecule has 1 heterocycles. The van der Waals surface area contributed by atoms with Gasteiger partial charge in [-0.05, 0) is 36.1 Å². The molecule has 0 fully saturated rings. The van der Waals surface area contributed by atoms with E-state index >= 15 is 0 Å². The van der Waals surface area contributed by atoms with Crippen molar-refractivity contribution < 1.29 is 13.2 Å². The number of rotatable bonds is 2. The van der Waals surface area contributed by atoms with Crippen LogP contribution in [0.2, 0.25) is 0 Å². The summed E-state index contributed by atoms with van der Waals surface area (Å²) in [5.41, 5.74) is 1.34. The molecule has 110 valence electrons. The molecule has 20 heavy (non-hydrogen) atoms. The van der Waals surface area contributed by atoms with Gasteiger partial charge in [0, 0.05) is 12.2 Å². The van der Waals surface area contributed by atoms with Gasteiger partial charge >= 0.3 is 6.18 Å². The molecule has 0 amide bonds. The van der Waals surface area contributed by atoms with E-state index in [1.807, 2.05) is 20.8 Å². The number of aliphatic imine (C=N–C) groups is 1. The topological polar surface area (TPSA) is 36.4 Å². The Morgan fingerprint density at radius 1 is 1.30 bits per heavy atom. The minimum absolute atomic E-state index is 0.0244. The Bertz CT molecular complexity index is 533. The first-order chi connectivity index (χ1) is 9.29. The fraction of sp³-hybridized carbons (Fsp3) is 0.500. The number of nitrogens with one attached hydrogen (secondary N) is 2. The summed E-state index contributed by atoms with van der Waals surface area (Å²) in [7, 11) is 0. The third kappa shape index (κ3) is 3.05. The lowest BCUT2D eigenvalue weighted by atomic mass is 9.94. The van der Waals surface area contributed by atoms with Gasteiger partial charge in [-0.1, -0.05) is 13.8 Å². The van der Waals surface area contributed by atoms with E-state index in [1.165, 1.54) is 6.07 Å². The molecule has 2 rings (SSSR count). The third-order valence-electron chi connectivity index (χ3n) is 3.32. The number of halogens is 3. The molecule has 0 aromatic heterocycles. The first kappa shape index (κ1) is 14.7. The lowest BCUT2D eigenvalue weighted by Gasteiger charge is -2.19. The van der Waals surface area contributed by atoms with Gasteiger partial charge in [-0.15, -0.1) is 0 Å². The number of nitrogens with zero attached hydrogens (tertiary/aromatic N) is 1. The molecule has 1 aromatic carbocycles. The fourth-order valence-electron chi connectivity index (χ4n) is 2.24. The maximum Gasteiger partial charge on any atom is 0.416 e. The molecule has 0 aliphatic carbocycles. The van der Waals surface area contributed by atoms with Gasteiger partial charge in [-0.25, -0.2) is 0 Å². The Morgan fingerprint density at radius 2 is 2.00 bits per heavy atom. The molecule has 0 bridgehead atoms. The summed E-state index contributed by atoms with van der Waals surface area (Å²) in [5, 5.41) is 5.95. The Hall–Kier alpha value is -1.72. The monoisotopic (exact) mass is 285 g/mol. The second-order valence-corrected chi connectivity index (χ2v) is 5.17. The van der Waals surface area contributed by atoms with Gasteiger partial charge in [0.15, 0.2) is 5.96 Å². The van der Waals surface area contributed by atoms with Crippen molar-refractivity contribution in [3.63, 3.8) is 0 Å². The number of hydrogen-bond acceptors (Lipinski definition) is 3. The molecule has 0 radical (unpaired) electrons. The van der Waals surface area contributed by atoms with Crippen molar-refractivity contribution in [1.82, 2.24) is 5.32 Å². The molecule has 2 N–H and O–H groups in total. The van der Waals surface area contributed by atoms with Crippen LogP contribution < -0.4 is 10.6 Å². The lowest BCUT2D eigenvalue weighted by Crippen LogP contribution is -2.27. The predicted molar refractivity (Wildman–Crippen MR) is 74.2 cm³/mol. The zero-order valence-corrected chi connectivity index (χ0v) is 11.7. The SMILES string of the molecule is Cc1c(NC2=NCCN2)cc(C(F)(F)F)cc1C(C)C. The second kappa shape index (κ2) is 5.34. The van der Waals surface area contributed by atoms with E-state index in [2.05, 4.69) is 15.6 Å². The van der Waals surface area contributed by atoms with E-state index in [-0.39, 0.29) is 5.92 Å². The fourth-order valence-corrected chi connectivity index (χ4v) is 2.24. The summed E-state index contributed by atoms with van der Waals surface area (Å²) in [6, 6.07) is 2.37. The molecule has 1 aromatic rings. The summed E-state index contributed by atoms with van der Waals surface area (Å²) < 4.78 is 38.9. The molecule has 0 saturated heterocycles. The maximum absolute atomic E-state index is 13.0. The normalized spacial score (nSPS) is 15.2. The van der Waals surface area contributed by atoms with Gasteiger partial charge in [0.05, 0.1) is 12.1 Å². The Morgan fingerprint density at radius 3 is 2.50 bits per heavy atom. The van der Waals surface area contributed by atoms with E-state index in [4.69, 9.17) is 0 Å². The van der Waals surface area contributed by atoms with Crippen molar-refractivity contribution in [3.05, 3.63) is 28.8 Å². The van der Waals surface area contributed by atoms with Crippen LogP contribution in [-0.4, -0.2) is 19.0 Å². The van der Waals surface area contributed by atoms with E-state index in [0.29, 0.717) is 30.3 Å². The quantitative estimate of drug-likeness (QED) is 0.872. The average molecular weight is 285 g/mol. The van der Waals surface area contributed by atoms with Crippen LogP contribution in [-0.2, 0) is 6.18 Å². The smallest absolute Gasteiger partial charge is 0.354 e. The van der Waals surface area contributed by atoms with Gasteiger partial charge in [0.25, 0.3) is 0 Å². The largest absolute Gasteiger partial charge is 0.416 e. The van der Waals surface area contributed by atoms with Crippen LogP contribution in [0.3, 0.4) is 0 Å². The molecular weight excluding hydrogens is 267 g/mol. The number of hydrogen-bond donors (Lipinski definition) is 2. The zero-order valence-electron chi connectivity index (χ0n) is 11.7. The van der Waals surface area contributed by atoms with Crippen LogP contribution in [0.1, 0.15) is 36.5 Å². The second-order valence-electron chi connectivity index (χ2n) is 5.17. The first-order valence-electron chi connectivity index (χ1n) is 6.56. The van der Waals surface area contributed by atoms with Crippen molar-refractivity contribution in [2.75, 3.05) is 18.4 Å². The summed E-state index contributed by atoms with van der Waals surface area (Å²) in [6.45, 7) is 6.94. The first-order valence-corrected chi connectivity index (χ1v) is 6.56. The van der Waals surface area contributed by atoms with Crippen LogP contribution in [0, 0.1) is 6.92 Å². The van der Waals surface area contributed by atoms with Crippen LogP contribution in [0.15, 0.2) is 17.1 Å². The van der Waals surface area contributed by atoms with Crippen LogP contribution in [0.5, 0.6) is 0 Å². The maximum atomic E-state index is 13.0. The summed E-state index contributed by atoms with van der Waals surface area (Å²) in [6.07, 6.45) is -4.35. The highest BCUT2D eigenvalue weighted by Crippen LogP contribution is 2.36. The molecule has 1 aliphatic heterocycles. The highest BCUT2D eigenvalue weighted by atomic mass is 19.4. The van der Waals surface area contributed by atoms with Crippen LogP contribution >= 0.6 is 0 Å². The average Bonchev–Trinajstić information content (AvgIpc) is 2.82. The van der Waals surface area contributed by atoms with Crippen LogP contribution in [0.25, 0.3) is 0 Å². The highest BCUT2D eigenvalue weighted by molar-refractivity contribution is 5.95. The Kier molecular flexibility index (Phi) is 3.92. The van der Waals surface area contributed by atoms with E-state index in [9.17, 15) is 13.2 Å². The number of anilines is 1. The number of alkyl halides is 3. The third-order valence-corrected chi connectivity index (χ3v) is 3.32. The Labute approximate surface area is 116 Å². The molecule has 0 saturated carbocycles. The molecule has 3 nitrogen and oxygen atoms in total. The van der Waals surface area contributed by atoms with Crippen molar-refractivity contribution in [1.29, 1.82) is 0 Å². The van der Waals surface area contributed by atoms with Crippen molar-refractivity contribution >= 4 is 11.6 Å². The van der Waals surface area contributed by atoms with Gasteiger partial charge in [0.2, 0.25) is 0 Å². The van der Waals surface area contributed by atoms with E-state index < -0.39 is 11.7 Å². The highest BCUT2D eigenvalue weighted by Gasteiger charge is 2.32. The number of guanidine groups is 1. The lowest BCUT2D eigenvalue weighted by molar-refractivity contribution is -0.137.